The van der Waals surface area contributed by atoms with Crippen LogP contribution in [-0.2, 0) is 6.54 Å². The van der Waals surface area contributed by atoms with E-state index in [0.29, 0.717) is 12.3 Å². The molecule has 0 aliphatic heterocycles. The lowest BCUT2D eigenvalue weighted by Crippen LogP contribution is -2.21. The van der Waals surface area contributed by atoms with E-state index in [-0.39, 0.29) is 5.75 Å². The molecule has 0 heterocycles. The average Bonchev–Trinajstić information content (AvgIpc) is 2.77. The van der Waals surface area contributed by atoms with Crippen molar-refractivity contribution in [3.8, 4) is 11.5 Å². The molecule has 1 aliphatic rings. The number of para-hydroxylation sites is 1. The lowest BCUT2D eigenvalue weighted by molar-refractivity contribution is 0.369. The minimum atomic E-state index is 0.257. The molecular formula is C15H23NO2. The number of hydrogen-bond acceptors (Lipinski definition) is 3. The van der Waals surface area contributed by atoms with Crippen LogP contribution in [0.25, 0.3) is 0 Å². The van der Waals surface area contributed by atoms with E-state index in [1.54, 1.807) is 13.2 Å². The Labute approximate surface area is 109 Å². The third-order valence-electron chi connectivity index (χ3n) is 3.85. The third kappa shape index (κ3) is 3.16. The van der Waals surface area contributed by atoms with Crippen molar-refractivity contribution in [1.82, 2.24) is 5.32 Å². The Morgan fingerprint density at radius 1 is 1.39 bits per heavy atom. The summed E-state index contributed by atoms with van der Waals surface area (Å²) in [6, 6.07) is 5.62. The largest absolute Gasteiger partial charge is 0.504 e. The van der Waals surface area contributed by atoms with Gasteiger partial charge in [0, 0.05) is 12.1 Å². The molecule has 2 N–H and O–H groups in total. The minimum Gasteiger partial charge on any atom is -0.504 e. The Morgan fingerprint density at radius 2 is 2.22 bits per heavy atom. The molecule has 100 valence electrons. The fourth-order valence-electron chi connectivity index (χ4n) is 2.80. The quantitative estimate of drug-likeness (QED) is 0.843. The molecule has 18 heavy (non-hydrogen) atoms. The standard InChI is InChI=1S/C15H23NO2/c1-11-6-7-12(8-11)9-16-10-13-4-3-5-14(18-2)15(13)17/h3-5,11-12,16-17H,6-10H2,1-2H3. The van der Waals surface area contributed by atoms with Gasteiger partial charge in [-0.3, -0.25) is 0 Å². The van der Waals surface area contributed by atoms with Crippen LogP contribution in [0.3, 0.4) is 0 Å². The van der Waals surface area contributed by atoms with E-state index in [4.69, 9.17) is 4.74 Å². The zero-order valence-electron chi connectivity index (χ0n) is 11.3. The van der Waals surface area contributed by atoms with Gasteiger partial charge in [-0.2, -0.15) is 0 Å². The summed E-state index contributed by atoms with van der Waals surface area (Å²) in [5.41, 5.74) is 0.903. The highest BCUT2D eigenvalue weighted by molar-refractivity contribution is 5.45. The number of phenolic OH excluding ortho intramolecular Hbond substituents is 1. The smallest absolute Gasteiger partial charge is 0.162 e. The minimum absolute atomic E-state index is 0.257. The third-order valence-corrected chi connectivity index (χ3v) is 3.85. The van der Waals surface area contributed by atoms with E-state index in [1.165, 1.54) is 19.3 Å². The number of hydrogen-bond donors (Lipinski definition) is 2. The normalized spacial score (nSPS) is 23.2. The van der Waals surface area contributed by atoms with Crippen molar-refractivity contribution < 1.29 is 9.84 Å². The first kappa shape index (κ1) is 13.2. The molecule has 0 spiro atoms. The summed E-state index contributed by atoms with van der Waals surface area (Å²) in [4.78, 5) is 0. The summed E-state index contributed by atoms with van der Waals surface area (Å²) in [7, 11) is 1.58. The van der Waals surface area contributed by atoms with Gasteiger partial charge < -0.3 is 15.2 Å². The highest BCUT2D eigenvalue weighted by Crippen LogP contribution is 2.31. The molecular weight excluding hydrogens is 226 g/mol. The van der Waals surface area contributed by atoms with Crippen molar-refractivity contribution >= 4 is 0 Å². The maximum atomic E-state index is 9.96. The van der Waals surface area contributed by atoms with Crippen molar-refractivity contribution in [1.29, 1.82) is 0 Å². The zero-order chi connectivity index (χ0) is 13.0. The Balaban J connectivity index is 1.83. The van der Waals surface area contributed by atoms with Gasteiger partial charge in [0.05, 0.1) is 7.11 Å². The van der Waals surface area contributed by atoms with Crippen molar-refractivity contribution in [3.63, 3.8) is 0 Å². The van der Waals surface area contributed by atoms with E-state index >= 15 is 0 Å². The highest BCUT2D eigenvalue weighted by atomic mass is 16.5. The molecule has 2 atom stereocenters. The van der Waals surface area contributed by atoms with Crippen LogP contribution >= 0.6 is 0 Å². The summed E-state index contributed by atoms with van der Waals surface area (Å²) < 4.78 is 5.10. The molecule has 0 amide bonds. The number of nitrogens with one attached hydrogen (secondary N) is 1. The van der Waals surface area contributed by atoms with Gasteiger partial charge >= 0.3 is 0 Å². The van der Waals surface area contributed by atoms with Crippen molar-refractivity contribution in [3.05, 3.63) is 23.8 Å². The van der Waals surface area contributed by atoms with Crippen LogP contribution < -0.4 is 10.1 Å². The van der Waals surface area contributed by atoms with E-state index in [2.05, 4.69) is 12.2 Å². The molecule has 1 aromatic carbocycles. The van der Waals surface area contributed by atoms with Gasteiger partial charge in [-0.05, 0) is 37.3 Å². The van der Waals surface area contributed by atoms with Crippen LogP contribution in [0, 0.1) is 11.8 Å². The molecule has 0 radical (unpaired) electrons. The maximum absolute atomic E-state index is 9.96. The van der Waals surface area contributed by atoms with E-state index in [9.17, 15) is 5.11 Å². The lowest BCUT2D eigenvalue weighted by atomic mass is 10.1. The van der Waals surface area contributed by atoms with Gasteiger partial charge in [0.2, 0.25) is 0 Å². The summed E-state index contributed by atoms with van der Waals surface area (Å²) in [6.45, 7) is 4.07. The summed E-state index contributed by atoms with van der Waals surface area (Å²) in [6.07, 6.45) is 4.02. The molecule has 3 heteroatoms. The fraction of sp³-hybridized carbons (Fsp3) is 0.600. The van der Waals surface area contributed by atoms with Crippen molar-refractivity contribution in [2.45, 2.75) is 32.7 Å². The number of aromatic hydroxyl groups is 1. The number of methoxy groups -OCH3 is 1. The van der Waals surface area contributed by atoms with E-state index in [0.717, 1.165) is 23.9 Å². The molecule has 2 unspecified atom stereocenters. The lowest BCUT2D eigenvalue weighted by Gasteiger charge is -2.13. The van der Waals surface area contributed by atoms with Crippen LogP contribution in [0.1, 0.15) is 31.7 Å². The second-order valence-corrected chi connectivity index (χ2v) is 5.38. The van der Waals surface area contributed by atoms with E-state index < -0.39 is 0 Å². The predicted molar refractivity (Wildman–Crippen MR) is 72.9 cm³/mol. The first-order valence-corrected chi connectivity index (χ1v) is 6.76. The van der Waals surface area contributed by atoms with Crippen LogP contribution in [0.5, 0.6) is 11.5 Å². The van der Waals surface area contributed by atoms with Crippen molar-refractivity contribution in [2.75, 3.05) is 13.7 Å². The number of rotatable bonds is 5. The fourth-order valence-corrected chi connectivity index (χ4v) is 2.80. The molecule has 1 saturated carbocycles. The van der Waals surface area contributed by atoms with Gasteiger partial charge in [0.25, 0.3) is 0 Å². The monoisotopic (exact) mass is 249 g/mol. The van der Waals surface area contributed by atoms with Crippen LogP contribution in [0.4, 0.5) is 0 Å². The molecule has 0 bridgehead atoms. The first-order valence-electron chi connectivity index (χ1n) is 6.76. The highest BCUT2D eigenvalue weighted by Gasteiger charge is 2.20. The Morgan fingerprint density at radius 3 is 2.89 bits per heavy atom. The van der Waals surface area contributed by atoms with Gasteiger partial charge in [-0.1, -0.05) is 25.5 Å². The number of benzene rings is 1. The topological polar surface area (TPSA) is 41.5 Å². The molecule has 1 aromatic rings. The number of phenols is 1. The van der Waals surface area contributed by atoms with Gasteiger partial charge in [-0.15, -0.1) is 0 Å². The van der Waals surface area contributed by atoms with Gasteiger partial charge in [-0.25, -0.2) is 0 Å². The SMILES string of the molecule is COc1cccc(CNCC2CCC(C)C2)c1O. The maximum Gasteiger partial charge on any atom is 0.162 e. The van der Waals surface area contributed by atoms with Crippen molar-refractivity contribution in [2.24, 2.45) is 11.8 Å². The molecule has 1 aliphatic carbocycles. The van der Waals surface area contributed by atoms with Crippen LogP contribution in [0.2, 0.25) is 0 Å². The zero-order valence-corrected chi connectivity index (χ0v) is 11.3. The summed E-state index contributed by atoms with van der Waals surface area (Å²) >= 11 is 0. The Hall–Kier alpha value is -1.22. The van der Waals surface area contributed by atoms with Gasteiger partial charge in [0.1, 0.15) is 0 Å². The molecule has 0 saturated heterocycles. The molecule has 2 rings (SSSR count). The Kier molecular flexibility index (Phi) is 4.48. The molecule has 3 nitrogen and oxygen atoms in total. The predicted octanol–water partition coefficient (Wildman–Crippen LogP) is 2.93. The summed E-state index contributed by atoms with van der Waals surface area (Å²) in [5.74, 6) is 2.48. The second kappa shape index (κ2) is 6.10. The van der Waals surface area contributed by atoms with Crippen LogP contribution in [0.15, 0.2) is 18.2 Å². The summed E-state index contributed by atoms with van der Waals surface area (Å²) in [5, 5.41) is 13.4. The second-order valence-electron chi connectivity index (χ2n) is 5.38. The molecule has 1 fully saturated rings. The molecule has 0 aromatic heterocycles. The van der Waals surface area contributed by atoms with E-state index in [1.807, 2.05) is 12.1 Å². The Bertz CT molecular complexity index is 392. The average molecular weight is 249 g/mol. The van der Waals surface area contributed by atoms with Crippen LogP contribution in [-0.4, -0.2) is 18.8 Å². The first-order chi connectivity index (χ1) is 8.70. The van der Waals surface area contributed by atoms with Gasteiger partial charge in [0.15, 0.2) is 11.5 Å². The number of ether oxygens (including phenoxy) is 1.